The third kappa shape index (κ3) is 3.37. The Bertz CT molecular complexity index is 111. The molecule has 0 rings (SSSR count). The van der Waals surface area contributed by atoms with Gasteiger partial charge in [-0.2, -0.15) is 0 Å². The van der Waals surface area contributed by atoms with Crippen LogP contribution >= 0.6 is 0 Å². The van der Waals surface area contributed by atoms with E-state index in [1.807, 2.05) is 6.08 Å². The SMILES string of the molecule is C=CCNCC(CC)(CC)CO. The van der Waals surface area contributed by atoms with E-state index in [4.69, 9.17) is 0 Å². The van der Waals surface area contributed by atoms with Crippen LogP contribution in [-0.2, 0) is 0 Å². The van der Waals surface area contributed by atoms with Gasteiger partial charge in [-0.05, 0) is 12.8 Å². The molecule has 0 saturated carbocycles. The van der Waals surface area contributed by atoms with Gasteiger partial charge in [-0.25, -0.2) is 0 Å². The van der Waals surface area contributed by atoms with Crippen molar-refractivity contribution >= 4 is 0 Å². The zero-order valence-electron chi connectivity index (χ0n) is 8.27. The maximum Gasteiger partial charge on any atom is 0.0499 e. The Morgan fingerprint density at radius 3 is 2.33 bits per heavy atom. The molecule has 0 atom stereocenters. The molecule has 0 amide bonds. The summed E-state index contributed by atoms with van der Waals surface area (Å²) in [5.41, 5.74) is 0.0724. The fourth-order valence-corrected chi connectivity index (χ4v) is 1.22. The van der Waals surface area contributed by atoms with Crippen molar-refractivity contribution in [2.75, 3.05) is 19.7 Å². The van der Waals surface area contributed by atoms with Crippen LogP contribution in [-0.4, -0.2) is 24.8 Å². The molecule has 0 aliphatic heterocycles. The number of aliphatic hydroxyl groups excluding tert-OH is 1. The van der Waals surface area contributed by atoms with Crippen LogP contribution in [0.3, 0.4) is 0 Å². The van der Waals surface area contributed by atoms with E-state index >= 15 is 0 Å². The lowest BCUT2D eigenvalue weighted by Gasteiger charge is -2.29. The second-order valence-electron chi connectivity index (χ2n) is 3.28. The quantitative estimate of drug-likeness (QED) is 0.450. The van der Waals surface area contributed by atoms with Gasteiger partial charge in [0.25, 0.3) is 0 Å². The summed E-state index contributed by atoms with van der Waals surface area (Å²) in [5.74, 6) is 0. The van der Waals surface area contributed by atoms with Crippen LogP contribution in [0, 0.1) is 5.41 Å². The monoisotopic (exact) mass is 171 g/mol. The molecule has 2 nitrogen and oxygen atoms in total. The van der Waals surface area contributed by atoms with E-state index in [1.165, 1.54) is 0 Å². The Morgan fingerprint density at radius 2 is 2.00 bits per heavy atom. The number of hydrogen-bond acceptors (Lipinski definition) is 2. The van der Waals surface area contributed by atoms with E-state index < -0.39 is 0 Å². The van der Waals surface area contributed by atoms with Crippen LogP contribution in [0.5, 0.6) is 0 Å². The van der Waals surface area contributed by atoms with Crippen molar-refractivity contribution in [3.8, 4) is 0 Å². The Balaban J connectivity index is 3.84. The summed E-state index contributed by atoms with van der Waals surface area (Å²) in [4.78, 5) is 0. The van der Waals surface area contributed by atoms with Gasteiger partial charge in [-0.3, -0.25) is 0 Å². The molecule has 0 aromatic carbocycles. The molecule has 0 radical (unpaired) electrons. The second-order valence-corrected chi connectivity index (χ2v) is 3.28. The summed E-state index contributed by atoms with van der Waals surface area (Å²) in [7, 11) is 0. The van der Waals surface area contributed by atoms with Gasteiger partial charge in [0.15, 0.2) is 0 Å². The molecular weight excluding hydrogens is 150 g/mol. The Hall–Kier alpha value is -0.340. The van der Waals surface area contributed by atoms with Gasteiger partial charge in [-0.15, -0.1) is 6.58 Å². The predicted octanol–water partition coefficient (Wildman–Crippen LogP) is 1.56. The molecule has 0 aliphatic rings. The standard InChI is InChI=1S/C10H21NO/c1-4-7-11-8-10(5-2,6-3)9-12/h4,11-12H,1,5-9H2,2-3H3. The topological polar surface area (TPSA) is 32.3 Å². The van der Waals surface area contributed by atoms with Crippen molar-refractivity contribution in [2.45, 2.75) is 26.7 Å². The van der Waals surface area contributed by atoms with Crippen molar-refractivity contribution in [3.05, 3.63) is 12.7 Å². The Morgan fingerprint density at radius 1 is 1.42 bits per heavy atom. The number of rotatable bonds is 7. The Labute approximate surface area is 75.7 Å². The van der Waals surface area contributed by atoms with Crippen LogP contribution in [0.2, 0.25) is 0 Å². The van der Waals surface area contributed by atoms with Crippen molar-refractivity contribution in [1.82, 2.24) is 5.32 Å². The third-order valence-corrected chi connectivity index (χ3v) is 2.62. The lowest BCUT2D eigenvalue weighted by Crippen LogP contribution is -2.36. The van der Waals surface area contributed by atoms with E-state index in [0.29, 0.717) is 0 Å². The van der Waals surface area contributed by atoms with Gasteiger partial charge >= 0.3 is 0 Å². The predicted molar refractivity (Wildman–Crippen MR) is 53.2 cm³/mol. The lowest BCUT2D eigenvalue weighted by atomic mass is 9.83. The molecule has 0 heterocycles. The van der Waals surface area contributed by atoms with Crippen LogP contribution < -0.4 is 5.32 Å². The summed E-state index contributed by atoms with van der Waals surface area (Å²) in [5, 5.41) is 12.5. The third-order valence-electron chi connectivity index (χ3n) is 2.62. The van der Waals surface area contributed by atoms with Crippen LogP contribution in [0.4, 0.5) is 0 Å². The first-order valence-electron chi connectivity index (χ1n) is 4.67. The normalized spacial score (nSPS) is 11.6. The molecule has 12 heavy (non-hydrogen) atoms. The fraction of sp³-hybridized carbons (Fsp3) is 0.800. The molecule has 2 heteroatoms. The highest BCUT2D eigenvalue weighted by molar-refractivity contribution is 4.80. The molecular formula is C10H21NO. The van der Waals surface area contributed by atoms with Gasteiger partial charge < -0.3 is 10.4 Å². The van der Waals surface area contributed by atoms with Gasteiger partial charge in [0.2, 0.25) is 0 Å². The minimum atomic E-state index is 0.0724. The van der Waals surface area contributed by atoms with E-state index in [-0.39, 0.29) is 12.0 Å². The summed E-state index contributed by atoms with van der Waals surface area (Å²) in [6, 6.07) is 0. The number of hydrogen-bond donors (Lipinski definition) is 2. The highest BCUT2D eigenvalue weighted by Gasteiger charge is 2.23. The van der Waals surface area contributed by atoms with Crippen molar-refractivity contribution < 1.29 is 5.11 Å². The van der Waals surface area contributed by atoms with Gasteiger partial charge in [0.05, 0.1) is 0 Å². The molecule has 72 valence electrons. The van der Waals surface area contributed by atoms with E-state index in [1.54, 1.807) is 0 Å². The molecule has 2 N–H and O–H groups in total. The Kier molecular flexibility index (Phi) is 6.03. The molecule has 0 spiro atoms. The summed E-state index contributed by atoms with van der Waals surface area (Å²) < 4.78 is 0. The van der Waals surface area contributed by atoms with Crippen molar-refractivity contribution in [2.24, 2.45) is 5.41 Å². The molecule has 0 aromatic heterocycles. The highest BCUT2D eigenvalue weighted by atomic mass is 16.3. The fourth-order valence-electron chi connectivity index (χ4n) is 1.22. The zero-order valence-corrected chi connectivity index (χ0v) is 8.27. The van der Waals surface area contributed by atoms with Gasteiger partial charge in [-0.1, -0.05) is 19.9 Å². The average molecular weight is 171 g/mol. The highest BCUT2D eigenvalue weighted by Crippen LogP contribution is 2.24. The van der Waals surface area contributed by atoms with E-state index in [2.05, 4.69) is 25.7 Å². The summed E-state index contributed by atoms with van der Waals surface area (Å²) in [6.45, 7) is 9.84. The molecule has 0 bridgehead atoms. The first-order valence-corrected chi connectivity index (χ1v) is 4.67. The first-order chi connectivity index (χ1) is 5.74. The molecule has 0 aliphatic carbocycles. The molecule has 0 unspecified atom stereocenters. The smallest absolute Gasteiger partial charge is 0.0499 e. The van der Waals surface area contributed by atoms with E-state index in [0.717, 1.165) is 25.9 Å². The van der Waals surface area contributed by atoms with Crippen LogP contribution in [0.25, 0.3) is 0 Å². The average Bonchev–Trinajstić information content (AvgIpc) is 2.14. The maximum atomic E-state index is 9.21. The van der Waals surface area contributed by atoms with E-state index in [9.17, 15) is 5.11 Å². The van der Waals surface area contributed by atoms with Gasteiger partial charge in [0.1, 0.15) is 0 Å². The number of nitrogens with one attached hydrogen (secondary N) is 1. The lowest BCUT2D eigenvalue weighted by molar-refractivity contribution is 0.114. The largest absolute Gasteiger partial charge is 0.396 e. The second kappa shape index (κ2) is 6.21. The minimum absolute atomic E-state index is 0.0724. The van der Waals surface area contributed by atoms with Crippen molar-refractivity contribution in [3.63, 3.8) is 0 Å². The van der Waals surface area contributed by atoms with Crippen LogP contribution in [0.1, 0.15) is 26.7 Å². The number of aliphatic hydroxyl groups is 1. The summed E-state index contributed by atoms with van der Waals surface area (Å²) in [6.07, 6.45) is 3.88. The maximum absolute atomic E-state index is 9.21. The van der Waals surface area contributed by atoms with Gasteiger partial charge in [0, 0.05) is 25.1 Å². The zero-order chi connectivity index (χ0) is 9.45. The first kappa shape index (κ1) is 11.7. The van der Waals surface area contributed by atoms with Crippen LogP contribution in [0.15, 0.2) is 12.7 Å². The minimum Gasteiger partial charge on any atom is -0.396 e. The molecule has 0 aromatic rings. The molecule has 0 saturated heterocycles. The summed E-state index contributed by atoms with van der Waals surface area (Å²) >= 11 is 0. The van der Waals surface area contributed by atoms with Crippen molar-refractivity contribution in [1.29, 1.82) is 0 Å². The molecule has 0 fully saturated rings.